The molecule has 0 aliphatic carbocycles. The number of nitrogens with one attached hydrogen (secondary N) is 1. The maximum Gasteiger partial charge on any atom is 0.307 e. The second kappa shape index (κ2) is 3.84. The minimum Gasteiger partial charge on any atom is -0.481 e. The van der Waals surface area contributed by atoms with E-state index < -0.39 is 5.97 Å². The van der Waals surface area contributed by atoms with Crippen LogP contribution >= 0.6 is 0 Å². The molecule has 1 aliphatic rings. The molecule has 2 heterocycles. The number of hydrogen-bond donors (Lipinski definition) is 2. The molecule has 76 valence electrons. The number of carbonyl (C=O) groups is 1. The fraction of sp³-hybridized carbons (Fsp3) is 0.500. The Morgan fingerprint density at radius 1 is 1.57 bits per heavy atom. The zero-order valence-electron chi connectivity index (χ0n) is 7.77. The van der Waals surface area contributed by atoms with Gasteiger partial charge in [-0.2, -0.15) is 0 Å². The minimum atomic E-state index is -0.713. The first kappa shape index (κ1) is 9.27. The van der Waals surface area contributed by atoms with Crippen molar-refractivity contribution >= 4 is 5.97 Å². The Hall–Kier alpha value is -1.29. The molecular formula is C10H13NO3. The summed E-state index contributed by atoms with van der Waals surface area (Å²) in [7, 11) is 0. The molecule has 1 aliphatic heterocycles. The van der Waals surface area contributed by atoms with Crippen molar-refractivity contribution in [3.63, 3.8) is 0 Å². The van der Waals surface area contributed by atoms with Gasteiger partial charge >= 0.3 is 5.97 Å². The van der Waals surface area contributed by atoms with Crippen LogP contribution < -0.4 is 5.32 Å². The standard InChI is InChI=1S/C10H13NO3/c12-10(13)7-3-4-8(11-6-7)9-2-1-5-14-9/h1-2,5,7-8,11H,3-4,6H2,(H,12,13). The van der Waals surface area contributed by atoms with E-state index in [1.807, 2.05) is 12.1 Å². The van der Waals surface area contributed by atoms with Crippen molar-refractivity contribution in [3.8, 4) is 0 Å². The van der Waals surface area contributed by atoms with Crippen LogP contribution in [0.15, 0.2) is 22.8 Å². The molecule has 1 saturated heterocycles. The summed E-state index contributed by atoms with van der Waals surface area (Å²) in [4.78, 5) is 10.7. The summed E-state index contributed by atoms with van der Waals surface area (Å²) < 4.78 is 5.26. The molecule has 0 radical (unpaired) electrons. The zero-order chi connectivity index (χ0) is 9.97. The smallest absolute Gasteiger partial charge is 0.307 e. The van der Waals surface area contributed by atoms with Crippen molar-refractivity contribution in [2.24, 2.45) is 5.92 Å². The van der Waals surface area contributed by atoms with Gasteiger partial charge in [-0.15, -0.1) is 0 Å². The number of carboxylic acids is 1. The molecule has 2 N–H and O–H groups in total. The third-order valence-electron chi connectivity index (χ3n) is 2.65. The SMILES string of the molecule is O=C(O)C1CCC(c2ccco2)NC1. The van der Waals surface area contributed by atoms with E-state index in [0.717, 1.165) is 12.2 Å². The third-order valence-corrected chi connectivity index (χ3v) is 2.65. The van der Waals surface area contributed by atoms with Crippen LogP contribution in [0.1, 0.15) is 24.6 Å². The molecule has 0 spiro atoms. The summed E-state index contributed by atoms with van der Waals surface area (Å²) in [6, 6.07) is 3.94. The molecule has 2 atom stereocenters. The van der Waals surface area contributed by atoms with Crippen molar-refractivity contribution in [3.05, 3.63) is 24.2 Å². The van der Waals surface area contributed by atoms with Gasteiger partial charge in [0, 0.05) is 6.54 Å². The Morgan fingerprint density at radius 2 is 2.43 bits per heavy atom. The lowest BCUT2D eigenvalue weighted by molar-refractivity contribution is -0.142. The number of furan rings is 1. The van der Waals surface area contributed by atoms with Gasteiger partial charge in [-0.1, -0.05) is 0 Å². The molecule has 1 fully saturated rings. The molecular weight excluding hydrogens is 182 g/mol. The van der Waals surface area contributed by atoms with Gasteiger partial charge in [0.05, 0.1) is 18.2 Å². The normalized spacial score (nSPS) is 27.4. The molecule has 4 nitrogen and oxygen atoms in total. The Bertz CT molecular complexity index is 299. The van der Waals surface area contributed by atoms with Crippen molar-refractivity contribution in [1.82, 2.24) is 5.32 Å². The number of aliphatic carboxylic acids is 1. The Balaban J connectivity index is 1.93. The molecule has 0 saturated carbocycles. The average Bonchev–Trinajstić information content (AvgIpc) is 2.71. The van der Waals surface area contributed by atoms with Crippen LogP contribution in [-0.2, 0) is 4.79 Å². The summed E-state index contributed by atoms with van der Waals surface area (Å²) in [6.45, 7) is 0.528. The quantitative estimate of drug-likeness (QED) is 0.748. The van der Waals surface area contributed by atoms with Gasteiger partial charge in [0.25, 0.3) is 0 Å². The van der Waals surface area contributed by atoms with Crippen LogP contribution in [0.2, 0.25) is 0 Å². The van der Waals surface area contributed by atoms with Gasteiger partial charge in [0.15, 0.2) is 0 Å². The molecule has 1 aromatic rings. The first-order chi connectivity index (χ1) is 6.77. The predicted molar refractivity (Wildman–Crippen MR) is 49.8 cm³/mol. The van der Waals surface area contributed by atoms with Crippen LogP contribution in [-0.4, -0.2) is 17.6 Å². The van der Waals surface area contributed by atoms with E-state index >= 15 is 0 Å². The minimum absolute atomic E-state index is 0.181. The van der Waals surface area contributed by atoms with E-state index in [0.29, 0.717) is 13.0 Å². The van der Waals surface area contributed by atoms with Crippen molar-refractivity contribution in [2.75, 3.05) is 6.54 Å². The average molecular weight is 195 g/mol. The number of hydrogen-bond acceptors (Lipinski definition) is 3. The number of carboxylic acid groups (broad SMARTS) is 1. The van der Waals surface area contributed by atoms with E-state index in [2.05, 4.69) is 5.32 Å². The predicted octanol–water partition coefficient (Wildman–Crippen LogP) is 1.40. The summed E-state index contributed by atoms with van der Waals surface area (Å²) in [6.07, 6.45) is 3.18. The van der Waals surface area contributed by atoms with Crippen molar-refractivity contribution < 1.29 is 14.3 Å². The van der Waals surface area contributed by atoms with Crippen LogP contribution in [0.4, 0.5) is 0 Å². The first-order valence-electron chi connectivity index (χ1n) is 4.77. The third kappa shape index (κ3) is 1.80. The van der Waals surface area contributed by atoms with Gasteiger partial charge in [-0.3, -0.25) is 4.79 Å². The summed E-state index contributed by atoms with van der Waals surface area (Å²) >= 11 is 0. The maximum atomic E-state index is 10.7. The van der Waals surface area contributed by atoms with Crippen LogP contribution in [0.5, 0.6) is 0 Å². The summed E-state index contributed by atoms with van der Waals surface area (Å²) in [5.41, 5.74) is 0. The summed E-state index contributed by atoms with van der Waals surface area (Å²) in [5, 5.41) is 12.0. The van der Waals surface area contributed by atoms with Gasteiger partial charge in [-0.05, 0) is 25.0 Å². The van der Waals surface area contributed by atoms with E-state index in [1.54, 1.807) is 6.26 Å². The number of piperidine rings is 1. The van der Waals surface area contributed by atoms with E-state index in [1.165, 1.54) is 0 Å². The highest BCUT2D eigenvalue weighted by Gasteiger charge is 2.27. The van der Waals surface area contributed by atoms with E-state index in [-0.39, 0.29) is 12.0 Å². The first-order valence-corrected chi connectivity index (χ1v) is 4.77. The second-order valence-electron chi connectivity index (χ2n) is 3.59. The lowest BCUT2D eigenvalue weighted by atomic mass is 9.94. The van der Waals surface area contributed by atoms with Gasteiger partial charge in [0.2, 0.25) is 0 Å². The maximum absolute atomic E-state index is 10.7. The molecule has 0 amide bonds. The molecule has 2 rings (SSSR count). The fourth-order valence-electron chi connectivity index (χ4n) is 1.80. The molecule has 0 aromatic carbocycles. The largest absolute Gasteiger partial charge is 0.481 e. The Morgan fingerprint density at radius 3 is 2.93 bits per heavy atom. The highest BCUT2D eigenvalue weighted by molar-refractivity contribution is 5.70. The van der Waals surface area contributed by atoms with Gasteiger partial charge < -0.3 is 14.8 Å². The molecule has 1 aromatic heterocycles. The Kier molecular flexibility index (Phi) is 2.54. The molecule has 0 bridgehead atoms. The van der Waals surface area contributed by atoms with Crippen molar-refractivity contribution in [2.45, 2.75) is 18.9 Å². The number of rotatable bonds is 2. The van der Waals surface area contributed by atoms with E-state index in [4.69, 9.17) is 9.52 Å². The molecule has 14 heavy (non-hydrogen) atoms. The second-order valence-corrected chi connectivity index (χ2v) is 3.59. The van der Waals surface area contributed by atoms with E-state index in [9.17, 15) is 4.79 Å². The fourth-order valence-corrected chi connectivity index (χ4v) is 1.80. The van der Waals surface area contributed by atoms with Crippen molar-refractivity contribution in [1.29, 1.82) is 0 Å². The van der Waals surface area contributed by atoms with Crippen LogP contribution in [0, 0.1) is 5.92 Å². The molecule has 4 heteroatoms. The lowest BCUT2D eigenvalue weighted by Crippen LogP contribution is -2.36. The van der Waals surface area contributed by atoms with Crippen LogP contribution in [0.25, 0.3) is 0 Å². The monoisotopic (exact) mass is 195 g/mol. The van der Waals surface area contributed by atoms with Crippen LogP contribution in [0.3, 0.4) is 0 Å². The topological polar surface area (TPSA) is 62.5 Å². The highest BCUT2D eigenvalue weighted by atomic mass is 16.4. The Labute approximate surface area is 81.9 Å². The highest BCUT2D eigenvalue weighted by Crippen LogP contribution is 2.25. The lowest BCUT2D eigenvalue weighted by Gasteiger charge is -2.26. The zero-order valence-corrected chi connectivity index (χ0v) is 7.77. The van der Waals surface area contributed by atoms with Gasteiger partial charge in [0.1, 0.15) is 5.76 Å². The molecule has 2 unspecified atom stereocenters. The van der Waals surface area contributed by atoms with Gasteiger partial charge in [-0.25, -0.2) is 0 Å². The summed E-state index contributed by atoms with van der Waals surface area (Å²) in [5.74, 6) is -0.0644.